The summed E-state index contributed by atoms with van der Waals surface area (Å²) in [5, 5.41) is 8.86. The number of nitrogens with one attached hydrogen (secondary N) is 1. The molecule has 0 radical (unpaired) electrons. The first-order chi connectivity index (χ1) is 12.5. The molecule has 2 atom stereocenters. The molecule has 0 unspecified atom stereocenters. The van der Waals surface area contributed by atoms with Gasteiger partial charge in [0, 0.05) is 30.1 Å². The summed E-state index contributed by atoms with van der Waals surface area (Å²) in [6.07, 6.45) is 0.545. The molecule has 0 aromatic rings. The van der Waals surface area contributed by atoms with Crippen molar-refractivity contribution >= 4 is 21.8 Å². The Hall–Kier alpha value is -1.41. The monoisotopic (exact) mass is 413 g/mol. The molecule has 1 saturated heterocycles. The molecule has 0 aliphatic carbocycles. The normalized spacial score (nSPS) is 23.9. The summed E-state index contributed by atoms with van der Waals surface area (Å²) >= 11 is 0. The van der Waals surface area contributed by atoms with Gasteiger partial charge in [0.25, 0.3) is 0 Å². The number of amidine groups is 1. The van der Waals surface area contributed by atoms with E-state index < -0.39 is 21.7 Å². The summed E-state index contributed by atoms with van der Waals surface area (Å²) in [5.41, 5.74) is 2.09. The molecule has 2 rings (SSSR count). The maximum atomic E-state index is 12.2. The smallest absolute Gasteiger partial charge is 0.320 e. The van der Waals surface area contributed by atoms with Gasteiger partial charge in [-0.1, -0.05) is 55.4 Å². The van der Waals surface area contributed by atoms with Crippen LogP contribution in [-0.2, 0) is 14.8 Å². The van der Waals surface area contributed by atoms with E-state index in [4.69, 9.17) is 10.1 Å². The average Bonchev–Trinajstić information content (AvgIpc) is 2.82. The van der Waals surface area contributed by atoms with Crippen molar-refractivity contribution in [2.45, 2.75) is 73.9 Å². The third-order valence-corrected chi connectivity index (χ3v) is 6.38. The molecule has 160 valence electrons. The van der Waals surface area contributed by atoms with Crippen LogP contribution in [0.4, 0.5) is 0 Å². The van der Waals surface area contributed by atoms with Crippen molar-refractivity contribution in [3.8, 4) is 0 Å². The predicted octanol–water partition coefficient (Wildman–Crippen LogP) is 2.85. The van der Waals surface area contributed by atoms with Gasteiger partial charge in [-0.15, -0.1) is 0 Å². The van der Waals surface area contributed by atoms with Crippen molar-refractivity contribution < 1.29 is 18.3 Å². The van der Waals surface area contributed by atoms with Crippen LogP contribution in [0.3, 0.4) is 0 Å². The number of carboxylic acids is 1. The number of carboxylic acid groups (broad SMARTS) is 1. The second kappa shape index (κ2) is 7.44. The quantitative estimate of drug-likeness (QED) is 0.722. The summed E-state index contributed by atoms with van der Waals surface area (Å²) in [6, 6.07) is -0.315. The summed E-state index contributed by atoms with van der Waals surface area (Å²) in [4.78, 5) is 18.2. The zero-order valence-corrected chi connectivity index (χ0v) is 19.1. The van der Waals surface area contributed by atoms with E-state index >= 15 is 0 Å². The average molecular weight is 414 g/mol. The third kappa shape index (κ3) is 4.95. The van der Waals surface area contributed by atoms with E-state index in [0.29, 0.717) is 18.9 Å². The zero-order valence-electron chi connectivity index (χ0n) is 18.3. The molecule has 1 fully saturated rings. The first kappa shape index (κ1) is 22.9. The van der Waals surface area contributed by atoms with Crippen LogP contribution in [0.1, 0.15) is 61.8 Å². The molecule has 2 N–H and O–H groups in total. The Morgan fingerprint density at radius 1 is 1.21 bits per heavy atom. The van der Waals surface area contributed by atoms with Gasteiger partial charge < -0.3 is 10.0 Å². The van der Waals surface area contributed by atoms with Gasteiger partial charge in [-0.2, -0.15) is 0 Å². The van der Waals surface area contributed by atoms with Crippen LogP contribution in [0, 0.1) is 16.7 Å². The fourth-order valence-corrected chi connectivity index (χ4v) is 5.21. The van der Waals surface area contributed by atoms with E-state index in [-0.39, 0.29) is 22.9 Å². The van der Waals surface area contributed by atoms with Crippen molar-refractivity contribution in [2.24, 2.45) is 21.7 Å². The van der Waals surface area contributed by atoms with Gasteiger partial charge in [-0.05, 0) is 16.9 Å². The van der Waals surface area contributed by atoms with Crippen LogP contribution in [0.5, 0.6) is 0 Å². The van der Waals surface area contributed by atoms with Crippen LogP contribution < -0.4 is 4.72 Å². The fraction of sp³-hybridized carbons (Fsp3) is 0.800. The number of rotatable bonds is 5. The lowest BCUT2D eigenvalue weighted by Crippen LogP contribution is -2.46. The lowest BCUT2D eigenvalue weighted by Gasteiger charge is -2.43. The summed E-state index contributed by atoms with van der Waals surface area (Å²) < 4.78 is 26.9. The number of carbonyl (C=O) groups is 1. The van der Waals surface area contributed by atoms with Crippen molar-refractivity contribution in [2.75, 3.05) is 12.3 Å². The van der Waals surface area contributed by atoms with Gasteiger partial charge in [0.2, 0.25) is 10.0 Å². The summed E-state index contributed by atoms with van der Waals surface area (Å²) in [5.74, 6) is -0.975. The Balaban J connectivity index is 2.50. The lowest BCUT2D eigenvalue weighted by atomic mass is 9.75. The van der Waals surface area contributed by atoms with Gasteiger partial charge in [0.15, 0.2) is 5.75 Å². The summed E-state index contributed by atoms with van der Waals surface area (Å²) in [7, 11) is -3.88. The molecule has 2 aliphatic rings. The minimum absolute atomic E-state index is 0.0508. The molecular formula is C20H35N3O4S. The SMILES string of the molecule is CC(C)[C@@H]1N=C(C(C)(C)C)N2C[C@@H](NS(=O)(=O)CC(=O)O)CC2=C1C(C)(C)C. The molecule has 2 aliphatic heterocycles. The Labute approximate surface area is 169 Å². The van der Waals surface area contributed by atoms with Crippen molar-refractivity contribution in [1.29, 1.82) is 0 Å². The minimum atomic E-state index is -3.88. The van der Waals surface area contributed by atoms with E-state index in [1.54, 1.807) is 0 Å². The van der Waals surface area contributed by atoms with E-state index in [1.165, 1.54) is 5.57 Å². The molecule has 0 amide bonds. The van der Waals surface area contributed by atoms with Crippen LogP contribution >= 0.6 is 0 Å². The van der Waals surface area contributed by atoms with E-state index in [2.05, 4.69) is 65.0 Å². The molecule has 0 aromatic heterocycles. The number of aliphatic carboxylic acids is 1. The predicted molar refractivity (Wildman–Crippen MR) is 112 cm³/mol. The maximum absolute atomic E-state index is 12.2. The summed E-state index contributed by atoms with van der Waals surface area (Å²) in [6.45, 7) is 17.7. The third-order valence-electron chi connectivity index (χ3n) is 5.06. The molecule has 2 heterocycles. The second-order valence-electron chi connectivity index (χ2n) is 10.3. The van der Waals surface area contributed by atoms with Crippen LogP contribution in [0.2, 0.25) is 0 Å². The van der Waals surface area contributed by atoms with Crippen molar-refractivity contribution in [1.82, 2.24) is 9.62 Å². The second-order valence-corrected chi connectivity index (χ2v) is 12.0. The Morgan fingerprint density at radius 3 is 2.21 bits per heavy atom. The van der Waals surface area contributed by atoms with E-state index in [1.807, 2.05) is 0 Å². The Kier molecular flexibility index (Phi) is 6.08. The highest BCUT2D eigenvalue weighted by atomic mass is 32.2. The molecule has 28 heavy (non-hydrogen) atoms. The maximum Gasteiger partial charge on any atom is 0.320 e. The number of hydrogen-bond acceptors (Lipinski definition) is 5. The highest BCUT2D eigenvalue weighted by Gasteiger charge is 2.44. The van der Waals surface area contributed by atoms with Crippen molar-refractivity contribution in [3.05, 3.63) is 11.3 Å². The fourth-order valence-electron chi connectivity index (χ4n) is 4.14. The van der Waals surface area contributed by atoms with Gasteiger partial charge in [0.1, 0.15) is 5.84 Å². The van der Waals surface area contributed by atoms with Gasteiger partial charge in [-0.25, -0.2) is 13.1 Å². The molecule has 0 aromatic carbocycles. The van der Waals surface area contributed by atoms with Gasteiger partial charge in [0.05, 0.1) is 6.04 Å². The number of hydrogen-bond donors (Lipinski definition) is 2. The molecule has 0 spiro atoms. The number of nitrogens with zero attached hydrogens (tertiary/aromatic N) is 2. The van der Waals surface area contributed by atoms with E-state index in [0.717, 1.165) is 11.5 Å². The standard InChI is InChI=1S/C20H35N3O4S/c1-12(2)17-16(19(3,4)5)14-9-13(22-28(26,27)11-15(24)25)10-23(14)18(21-17)20(6,7)8/h12-13,17,22H,9-11H2,1-8H3,(H,24,25)/t13-,17-/m0/s1. The zero-order chi connectivity index (χ0) is 21.7. The minimum Gasteiger partial charge on any atom is -0.480 e. The highest BCUT2D eigenvalue weighted by molar-refractivity contribution is 7.90. The molecule has 0 saturated carbocycles. The van der Waals surface area contributed by atoms with E-state index in [9.17, 15) is 13.2 Å². The number of aliphatic imine (C=N–C) groups is 1. The number of sulfonamides is 1. The lowest BCUT2D eigenvalue weighted by molar-refractivity contribution is -0.134. The first-order valence-electron chi connectivity index (χ1n) is 9.84. The number of fused-ring (bicyclic) bond motifs is 1. The molecule has 7 nitrogen and oxygen atoms in total. The topological polar surface area (TPSA) is 99.1 Å². The largest absolute Gasteiger partial charge is 0.480 e. The van der Waals surface area contributed by atoms with Gasteiger partial charge in [-0.3, -0.25) is 9.79 Å². The first-order valence-corrected chi connectivity index (χ1v) is 11.5. The van der Waals surface area contributed by atoms with Crippen molar-refractivity contribution in [3.63, 3.8) is 0 Å². The Morgan fingerprint density at radius 2 is 1.79 bits per heavy atom. The molecular weight excluding hydrogens is 378 g/mol. The highest BCUT2D eigenvalue weighted by Crippen LogP contribution is 2.44. The molecule has 0 bridgehead atoms. The Bertz CT molecular complexity index is 798. The van der Waals surface area contributed by atoms with Crippen LogP contribution in [0.25, 0.3) is 0 Å². The van der Waals surface area contributed by atoms with Gasteiger partial charge >= 0.3 is 5.97 Å². The van der Waals surface area contributed by atoms with Crippen LogP contribution in [-0.4, -0.2) is 54.6 Å². The van der Waals surface area contributed by atoms with Crippen LogP contribution in [0.15, 0.2) is 16.3 Å². The molecule has 8 heteroatoms.